The van der Waals surface area contributed by atoms with Crippen LogP contribution in [0.4, 0.5) is 0 Å². The lowest BCUT2D eigenvalue weighted by atomic mass is 9.92. The maximum Gasteiger partial charge on any atom is 0.220 e. The third-order valence-corrected chi connectivity index (χ3v) is 3.93. The van der Waals surface area contributed by atoms with Gasteiger partial charge in [0.2, 0.25) is 5.91 Å². The van der Waals surface area contributed by atoms with Gasteiger partial charge in [-0.05, 0) is 44.7 Å². The summed E-state index contributed by atoms with van der Waals surface area (Å²) < 4.78 is 0. The molecule has 1 fully saturated rings. The summed E-state index contributed by atoms with van der Waals surface area (Å²) >= 11 is 0. The molecule has 0 bridgehead atoms. The Kier molecular flexibility index (Phi) is 6.60. The first-order valence-electron chi connectivity index (χ1n) is 6.89. The fourth-order valence-electron chi connectivity index (χ4n) is 2.30. The van der Waals surface area contributed by atoms with Crippen LogP contribution in [0.5, 0.6) is 0 Å². The first-order chi connectivity index (χ1) is 8.65. The van der Waals surface area contributed by atoms with Crippen molar-refractivity contribution in [2.24, 2.45) is 5.92 Å². The van der Waals surface area contributed by atoms with Crippen LogP contribution >= 0.6 is 0 Å². The number of aliphatic hydroxyl groups is 2. The third kappa shape index (κ3) is 4.55. The molecule has 1 amide bonds. The molecule has 18 heavy (non-hydrogen) atoms. The van der Waals surface area contributed by atoms with Gasteiger partial charge in [-0.15, -0.1) is 0 Å². The lowest BCUT2D eigenvalue weighted by Gasteiger charge is -2.30. The van der Waals surface area contributed by atoms with Gasteiger partial charge in [-0.25, -0.2) is 0 Å². The van der Waals surface area contributed by atoms with Crippen LogP contribution in [0.2, 0.25) is 0 Å². The van der Waals surface area contributed by atoms with E-state index in [1.54, 1.807) is 0 Å². The summed E-state index contributed by atoms with van der Waals surface area (Å²) in [7, 11) is 0. The van der Waals surface area contributed by atoms with Crippen molar-refractivity contribution in [3.8, 4) is 0 Å². The van der Waals surface area contributed by atoms with Crippen molar-refractivity contribution in [1.82, 2.24) is 10.6 Å². The van der Waals surface area contributed by atoms with Crippen molar-refractivity contribution < 1.29 is 15.0 Å². The largest absolute Gasteiger partial charge is 0.394 e. The van der Waals surface area contributed by atoms with Crippen molar-refractivity contribution in [2.75, 3.05) is 26.3 Å². The lowest BCUT2D eigenvalue weighted by Crippen LogP contribution is -2.53. The Bertz CT molecular complexity index is 240. The summed E-state index contributed by atoms with van der Waals surface area (Å²) in [5.41, 5.74) is -0.856. The number of piperidine rings is 1. The van der Waals surface area contributed by atoms with Crippen LogP contribution in [0, 0.1) is 5.92 Å². The predicted molar refractivity (Wildman–Crippen MR) is 70.2 cm³/mol. The summed E-state index contributed by atoms with van der Waals surface area (Å²) in [5, 5.41) is 24.6. The molecule has 0 saturated carbocycles. The van der Waals surface area contributed by atoms with Gasteiger partial charge in [0.25, 0.3) is 0 Å². The van der Waals surface area contributed by atoms with Crippen LogP contribution in [0.25, 0.3) is 0 Å². The third-order valence-electron chi connectivity index (χ3n) is 3.93. The van der Waals surface area contributed by atoms with Gasteiger partial charge in [0.1, 0.15) is 0 Å². The van der Waals surface area contributed by atoms with Crippen molar-refractivity contribution in [2.45, 2.75) is 44.6 Å². The highest BCUT2D eigenvalue weighted by atomic mass is 16.3. The minimum atomic E-state index is -0.856. The molecule has 0 aromatic rings. The van der Waals surface area contributed by atoms with Gasteiger partial charge in [-0.3, -0.25) is 4.79 Å². The summed E-state index contributed by atoms with van der Waals surface area (Å²) in [5.74, 6) is 0.551. The highest BCUT2D eigenvalue weighted by Gasteiger charge is 2.28. The molecule has 0 unspecified atom stereocenters. The molecule has 0 spiro atoms. The molecule has 0 aliphatic carbocycles. The van der Waals surface area contributed by atoms with E-state index in [0.717, 1.165) is 32.4 Å². The second-order valence-electron chi connectivity index (χ2n) is 5.23. The second-order valence-corrected chi connectivity index (χ2v) is 5.23. The SMILES string of the molecule is CCC(CO)(CO)NC(=O)CCC1CCNCC1. The second kappa shape index (κ2) is 7.71. The summed E-state index contributed by atoms with van der Waals surface area (Å²) in [4.78, 5) is 11.8. The Hall–Kier alpha value is -0.650. The Morgan fingerprint density at radius 2 is 1.94 bits per heavy atom. The Labute approximate surface area is 109 Å². The quantitative estimate of drug-likeness (QED) is 0.519. The number of nitrogens with one attached hydrogen (secondary N) is 2. The molecular formula is C13H26N2O3. The monoisotopic (exact) mass is 258 g/mol. The molecule has 1 saturated heterocycles. The number of amides is 1. The molecule has 5 nitrogen and oxygen atoms in total. The molecule has 1 aliphatic heterocycles. The first-order valence-corrected chi connectivity index (χ1v) is 6.89. The predicted octanol–water partition coefficient (Wildman–Crippen LogP) is 0.0158. The van der Waals surface area contributed by atoms with Crippen molar-refractivity contribution in [3.05, 3.63) is 0 Å². The standard InChI is InChI=1S/C13H26N2O3/c1-2-13(9-16,10-17)15-12(18)4-3-11-5-7-14-8-6-11/h11,14,16-17H,2-10H2,1H3,(H,15,18). The van der Waals surface area contributed by atoms with Crippen molar-refractivity contribution >= 4 is 5.91 Å². The number of carbonyl (C=O) groups is 1. The zero-order valence-electron chi connectivity index (χ0n) is 11.2. The van der Waals surface area contributed by atoms with E-state index in [1.165, 1.54) is 0 Å². The van der Waals surface area contributed by atoms with E-state index in [-0.39, 0.29) is 19.1 Å². The van der Waals surface area contributed by atoms with Crippen LogP contribution in [0.1, 0.15) is 39.0 Å². The van der Waals surface area contributed by atoms with E-state index >= 15 is 0 Å². The van der Waals surface area contributed by atoms with Crippen LogP contribution in [0.15, 0.2) is 0 Å². The van der Waals surface area contributed by atoms with Gasteiger partial charge >= 0.3 is 0 Å². The molecule has 5 heteroatoms. The zero-order chi connectivity index (χ0) is 13.4. The molecular weight excluding hydrogens is 232 g/mol. The lowest BCUT2D eigenvalue weighted by molar-refractivity contribution is -0.124. The van der Waals surface area contributed by atoms with Gasteiger partial charge in [-0.2, -0.15) is 0 Å². The zero-order valence-corrected chi connectivity index (χ0v) is 11.2. The number of carbonyl (C=O) groups excluding carboxylic acids is 1. The van der Waals surface area contributed by atoms with Gasteiger partial charge < -0.3 is 20.8 Å². The average molecular weight is 258 g/mol. The van der Waals surface area contributed by atoms with Gasteiger partial charge in [0, 0.05) is 6.42 Å². The molecule has 1 rings (SSSR count). The van der Waals surface area contributed by atoms with E-state index < -0.39 is 5.54 Å². The van der Waals surface area contributed by atoms with E-state index in [1.807, 2.05) is 6.92 Å². The first kappa shape index (κ1) is 15.4. The van der Waals surface area contributed by atoms with Crippen molar-refractivity contribution in [1.29, 1.82) is 0 Å². The fourth-order valence-corrected chi connectivity index (χ4v) is 2.30. The molecule has 4 N–H and O–H groups in total. The minimum absolute atomic E-state index is 0.0708. The highest BCUT2D eigenvalue weighted by molar-refractivity contribution is 5.76. The Balaban J connectivity index is 2.31. The summed E-state index contributed by atoms with van der Waals surface area (Å²) in [6.45, 7) is 3.48. The fraction of sp³-hybridized carbons (Fsp3) is 0.923. The number of aliphatic hydroxyl groups excluding tert-OH is 2. The minimum Gasteiger partial charge on any atom is -0.394 e. The van der Waals surface area contributed by atoms with Gasteiger partial charge in [0.15, 0.2) is 0 Å². The number of hydrogen-bond acceptors (Lipinski definition) is 4. The van der Waals surface area contributed by atoms with Crippen LogP contribution < -0.4 is 10.6 Å². The molecule has 0 radical (unpaired) electrons. The molecule has 0 aromatic heterocycles. The van der Waals surface area contributed by atoms with Crippen LogP contribution in [0.3, 0.4) is 0 Å². The van der Waals surface area contributed by atoms with Crippen LogP contribution in [-0.2, 0) is 4.79 Å². The Morgan fingerprint density at radius 1 is 1.33 bits per heavy atom. The van der Waals surface area contributed by atoms with E-state index in [2.05, 4.69) is 10.6 Å². The van der Waals surface area contributed by atoms with E-state index in [9.17, 15) is 15.0 Å². The molecule has 1 aliphatic rings. The summed E-state index contributed by atoms with van der Waals surface area (Å²) in [6.07, 6.45) is 4.16. The van der Waals surface area contributed by atoms with Gasteiger partial charge in [0.05, 0.1) is 18.8 Å². The van der Waals surface area contributed by atoms with Crippen molar-refractivity contribution in [3.63, 3.8) is 0 Å². The van der Waals surface area contributed by atoms with Crippen LogP contribution in [-0.4, -0.2) is 48.0 Å². The van der Waals surface area contributed by atoms with Gasteiger partial charge in [-0.1, -0.05) is 6.92 Å². The topological polar surface area (TPSA) is 81.6 Å². The number of rotatable bonds is 7. The molecule has 106 valence electrons. The van der Waals surface area contributed by atoms with E-state index in [4.69, 9.17) is 0 Å². The number of hydrogen-bond donors (Lipinski definition) is 4. The summed E-state index contributed by atoms with van der Waals surface area (Å²) in [6, 6.07) is 0. The smallest absolute Gasteiger partial charge is 0.220 e. The maximum absolute atomic E-state index is 11.8. The van der Waals surface area contributed by atoms with E-state index in [0.29, 0.717) is 18.8 Å². The maximum atomic E-state index is 11.8. The average Bonchev–Trinajstić information content (AvgIpc) is 2.44. The normalized spacial score (nSPS) is 17.7. The molecule has 0 atom stereocenters. The molecule has 1 heterocycles. The Morgan fingerprint density at radius 3 is 2.44 bits per heavy atom. The molecule has 0 aromatic carbocycles. The highest BCUT2D eigenvalue weighted by Crippen LogP contribution is 2.18.